The van der Waals surface area contributed by atoms with Gasteiger partial charge >= 0.3 is 6.18 Å². The average Bonchev–Trinajstić information content (AvgIpc) is 2.87. The third-order valence-electron chi connectivity index (χ3n) is 6.10. The first kappa shape index (κ1) is 24.4. The van der Waals surface area contributed by atoms with Gasteiger partial charge in [-0.05, 0) is 37.3 Å². The maximum atomic E-state index is 13.2. The van der Waals surface area contributed by atoms with Crippen molar-refractivity contribution >= 4 is 17.8 Å². The van der Waals surface area contributed by atoms with E-state index in [1.807, 2.05) is 30.3 Å². The van der Waals surface area contributed by atoms with Gasteiger partial charge < -0.3 is 16.0 Å². The van der Waals surface area contributed by atoms with Crippen LogP contribution >= 0.6 is 0 Å². The van der Waals surface area contributed by atoms with Crippen molar-refractivity contribution in [3.8, 4) is 11.4 Å². The van der Waals surface area contributed by atoms with Gasteiger partial charge in [-0.15, -0.1) is 0 Å². The van der Waals surface area contributed by atoms with Crippen molar-refractivity contribution in [2.45, 2.75) is 44.4 Å². The molecule has 3 N–H and O–H groups in total. The molecule has 1 heterocycles. The summed E-state index contributed by atoms with van der Waals surface area (Å²) in [5, 5.41) is 8.99. The number of rotatable bonds is 7. The molecule has 35 heavy (non-hydrogen) atoms. The predicted molar refractivity (Wildman–Crippen MR) is 127 cm³/mol. The number of nitrogens with zero attached hydrogens (tertiary/aromatic N) is 3. The van der Waals surface area contributed by atoms with Gasteiger partial charge in [-0.25, -0.2) is 0 Å². The van der Waals surface area contributed by atoms with Crippen molar-refractivity contribution in [3.05, 3.63) is 65.7 Å². The number of halogens is 3. The molecule has 1 saturated carbocycles. The lowest BCUT2D eigenvalue weighted by atomic mass is 9.85. The molecule has 184 valence electrons. The average molecular weight is 485 g/mol. The molecule has 1 amide bonds. The van der Waals surface area contributed by atoms with Crippen LogP contribution in [0.15, 0.2) is 54.6 Å². The van der Waals surface area contributed by atoms with Gasteiger partial charge in [-0.3, -0.25) is 4.79 Å². The van der Waals surface area contributed by atoms with E-state index in [1.165, 1.54) is 18.2 Å². The van der Waals surface area contributed by atoms with Crippen LogP contribution in [0.5, 0.6) is 0 Å². The molecule has 7 nitrogen and oxygen atoms in total. The second kappa shape index (κ2) is 10.7. The highest BCUT2D eigenvalue weighted by atomic mass is 19.4. The minimum Gasteiger partial charge on any atom is -0.357 e. The number of carbonyl (C=O) groups excluding carboxylic acids is 1. The van der Waals surface area contributed by atoms with E-state index in [0.717, 1.165) is 24.5 Å². The van der Waals surface area contributed by atoms with Crippen LogP contribution in [0.1, 0.15) is 36.8 Å². The smallest absolute Gasteiger partial charge is 0.357 e. The van der Waals surface area contributed by atoms with Crippen LogP contribution in [0, 0.1) is 5.92 Å². The Morgan fingerprint density at radius 1 is 0.914 bits per heavy atom. The molecular formula is C25H27F3N6O. The largest absolute Gasteiger partial charge is 0.416 e. The second-order valence-electron chi connectivity index (χ2n) is 8.49. The molecule has 0 radical (unpaired) electrons. The fourth-order valence-corrected chi connectivity index (χ4v) is 4.23. The Kier molecular flexibility index (Phi) is 7.48. The second-order valence-corrected chi connectivity index (χ2v) is 8.49. The van der Waals surface area contributed by atoms with Crippen molar-refractivity contribution in [2.24, 2.45) is 5.92 Å². The van der Waals surface area contributed by atoms with Gasteiger partial charge in [0.05, 0.1) is 5.56 Å². The van der Waals surface area contributed by atoms with Crippen LogP contribution < -0.4 is 16.0 Å². The molecule has 0 saturated heterocycles. The van der Waals surface area contributed by atoms with Crippen molar-refractivity contribution < 1.29 is 18.0 Å². The van der Waals surface area contributed by atoms with Crippen LogP contribution in [0.3, 0.4) is 0 Å². The van der Waals surface area contributed by atoms with Crippen LogP contribution in [-0.4, -0.2) is 33.9 Å². The molecule has 1 fully saturated rings. The van der Waals surface area contributed by atoms with E-state index in [1.54, 1.807) is 7.05 Å². The van der Waals surface area contributed by atoms with E-state index < -0.39 is 11.7 Å². The molecule has 4 rings (SSSR count). The molecular weight excluding hydrogens is 457 g/mol. The number of amides is 1. The van der Waals surface area contributed by atoms with Gasteiger partial charge in [0, 0.05) is 31.1 Å². The number of nitrogens with one attached hydrogen (secondary N) is 3. The van der Waals surface area contributed by atoms with E-state index >= 15 is 0 Å². The summed E-state index contributed by atoms with van der Waals surface area (Å²) in [6.45, 7) is -0.146. The first-order valence-electron chi connectivity index (χ1n) is 11.5. The van der Waals surface area contributed by atoms with Crippen LogP contribution in [0.2, 0.25) is 0 Å². The number of hydrogen-bond donors (Lipinski definition) is 3. The molecule has 10 heteroatoms. The quantitative estimate of drug-likeness (QED) is 0.443. The number of hydrogen-bond acceptors (Lipinski definition) is 6. The molecule has 0 unspecified atom stereocenters. The van der Waals surface area contributed by atoms with E-state index in [9.17, 15) is 18.0 Å². The Balaban J connectivity index is 1.33. The zero-order valence-corrected chi connectivity index (χ0v) is 19.3. The molecule has 0 aliphatic heterocycles. The van der Waals surface area contributed by atoms with E-state index in [0.29, 0.717) is 30.6 Å². The summed E-state index contributed by atoms with van der Waals surface area (Å²) in [5.41, 5.74) is 0.219. The normalized spacial score (nSPS) is 18.1. The molecule has 0 bridgehead atoms. The number of anilines is 2. The maximum Gasteiger partial charge on any atom is 0.416 e. The maximum absolute atomic E-state index is 13.2. The molecule has 1 aliphatic rings. The standard InChI is InChI=1S/C25H27F3N6O/c1-29-23-32-21(16-7-3-2-4-8-16)33-24(34-23)31-19-13-11-17(12-14-19)22(35)30-15-18-9-5-6-10-20(18)25(26,27)28/h2-10,17,19H,11-15H2,1H3,(H,30,35)(H2,29,31,32,33,34)/t17-,19+. The highest BCUT2D eigenvalue weighted by Crippen LogP contribution is 2.32. The Bertz CT molecular complexity index is 1150. The lowest BCUT2D eigenvalue weighted by Gasteiger charge is -2.28. The molecule has 3 aromatic rings. The molecule has 1 aromatic heterocycles. The molecule has 2 aromatic carbocycles. The summed E-state index contributed by atoms with van der Waals surface area (Å²) in [4.78, 5) is 26.0. The van der Waals surface area contributed by atoms with Gasteiger partial charge in [0.1, 0.15) is 0 Å². The fourth-order valence-electron chi connectivity index (χ4n) is 4.23. The molecule has 1 aliphatic carbocycles. The first-order chi connectivity index (χ1) is 16.8. The summed E-state index contributed by atoms with van der Waals surface area (Å²) in [7, 11) is 1.74. The van der Waals surface area contributed by atoms with Gasteiger partial charge in [0.15, 0.2) is 5.82 Å². The van der Waals surface area contributed by atoms with Gasteiger partial charge in [0.2, 0.25) is 17.8 Å². The van der Waals surface area contributed by atoms with E-state index in [4.69, 9.17) is 0 Å². The fraction of sp³-hybridized carbons (Fsp3) is 0.360. The van der Waals surface area contributed by atoms with Crippen molar-refractivity contribution in [2.75, 3.05) is 17.7 Å². The Hall–Kier alpha value is -3.69. The predicted octanol–water partition coefficient (Wildman–Crippen LogP) is 4.89. The lowest BCUT2D eigenvalue weighted by molar-refractivity contribution is -0.138. The highest BCUT2D eigenvalue weighted by Gasteiger charge is 2.33. The van der Waals surface area contributed by atoms with E-state index in [2.05, 4.69) is 30.9 Å². The van der Waals surface area contributed by atoms with Gasteiger partial charge in [0.25, 0.3) is 0 Å². The highest BCUT2D eigenvalue weighted by molar-refractivity contribution is 5.78. The Labute approximate surface area is 201 Å². The first-order valence-corrected chi connectivity index (χ1v) is 11.5. The number of aromatic nitrogens is 3. The Morgan fingerprint density at radius 2 is 1.57 bits per heavy atom. The van der Waals surface area contributed by atoms with Crippen molar-refractivity contribution in [1.29, 1.82) is 0 Å². The zero-order chi connectivity index (χ0) is 24.8. The monoisotopic (exact) mass is 484 g/mol. The zero-order valence-electron chi connectivity index (χ0n) is 19.3. The lowest BCUT2D eigenvalue weighted by Crippen LogP contribution is -2.36. The van der Waals surface area contributed by atoms with Crippen LogP contribution in [0.25, 0.3) is 11.4 Å². The van der Waals surface area contributed by atoms with Crippen molar-refractivity contribution in [1.82, 2.24) is 20.3 Å². The topological polar surface area (TPSA) is 91.8 Å². The van der Waals surface area contributed by atoms with Crippen LogP contribution in [0.4, 0.5) is 25.1 Å². The minimum atomic E-state index is -4.45. The minimum absolute atomic E-state index is 0.0631. The molecule has 0 atom stereocenters. The summed E-state index contributed by atoms with van der Waals surface area (Å²) in [6, 6.07) is 15.0. The summed E-state index contributed by atoms with van der Waals surface area (Å²) < 4.78 is 39.5. The third-order valence-corrected chi connectivity index (χ3v) is 6.10. The van der Waals surface area contributed by atoms with E-state index in [-0.39, 0.29) is 30.0 Å². The number of carbonyl (C=O) groups is 1. The number of alkyl halides is 3. The van der Waals surface area contributed by atoms with Gasteiger partial charge in [-0.1, -0.05) is 48.5 Å². The summed E-state index contributed by atoms with van der Waals surface area (Å²) >= 11 is 0. The SMILES string of the molecule is CNc1nc(N[C@H]2CC[C@@H](C(=O)NCc3ccccc3C(F)(F)F)CC2)nc(-c2ccccc2)n1. The molecule has 0 spiro atoms. The van der Waals surface area contributed by atoms with Crippen molar-refractivity contribution in [3.63, 3.8) is 0 Å². The summed E-state index contributed by atoms with van der Waals surface area (Å²) in [5.74, 6) is 1.01. The third kappa shape index (κ3) is 6.26. The summed E-state index contributed by atoms with van der Waals surface area (Å²) in [6.07, 6.45) is -1.76. The Morgan fingerprint density at radius 3 is 2.26 bits per heavy atom. The van der Waals surface area contributed by atoms with Crippen LogP contribution in [-0.2, 0) is 17.5 Å². The number of benzene rings is 2. The van der Waals surface area contributed by atoms with Gasteiger partial charge in [-0.2, -0.15) is 28.1 Å².